The second-order valence-corrected chi connectivity index (χ2v) is 16.2. The van der Waals surface area contributed by atoms with Gasteiger partial charge in [-0.15, -0.1) is 0 Å². The van der Waals surface area contributed by atoms with Gasteiger partial charge in [0.15, 0.2) is 0 Å². The van der Waals surface area contributed by atoms with Gasteiger partial charge in [0.2, 0.25) is 0 Å². The van der Waals surface area contributed by atoms with E-state index in [1.165, 1.54) is 212 Å². The van der Waals surface area contributed by atoms with Crippen LogP contribution < -0.4 is 0 Å². The number of carbonyl (C=O) groups is 3. The van der Waals surface area contributed by atoms with Crippen molar-refractivity contribution in [3.8, 4) is 0 Å². The number of hydrogen-bond donors (Lipinski definition) is 3. The molecule has 7 heteroatoms. The molecule has 6 nitrogen and oxygen atoms in total. The maximum absolute atomic E-state index is 10.3. The van der Waals surface area contributed by atoms with Gasteiger partial charge in [-0.3, -0.25) is 14.4 Å². The molecule has 0 saturated heterocycles. The first-order chi connectivity index (χ1) is 26.3. The first kappa shape index (κ1) is 61.4. The van der Waals surface area contributed by atoms with Crippen LogP contribution in [0.15, 0.2) is 0 Å². The van der Waals surface area contributed by atoms with E-state index in [1.54, 1.807) is 0 Å². The summed E-state index contributed by atoms with van der Waals surface area (Å²) in [7, 11) is 0. The molecule has 0 aliphatic carbocycles. The number of hydrogen-bond acceptors (Lipinski definition) is 3. The van der Waals surface area contributed by atoms with Gasteiger partial charge in [-0.2, -0.15) is 0 Å². The maximum Gasteiger partial charge on any atom is 0.303 e. The smallest absolute Gasteiger partial charge is 0.303 e. The Kier molecular flexibility index (Phi) is 64.7. The van der Waals surface area contributed by atoms with Gasteiger partial charge >= 0.3 is 17.9 Å². The Morgan fingerprint density at radius 1 is 0.236 bits per heavy atom. The minimum Gasteiger partial charge on any atom is -0.481 e. The summed E-state index contributed by atoms with van der Waals surface area (Å²) in [5.74, 6) is -1.96. The van der Waals surface area contributed by atoms with E-state index in [2.05, 4.69) is 20.8 Å². The van der Waals surface area contributed by atoms with Crippen LogP contribution in [0.5, 0.6) is 0 Å². The average Bonchev–Trinajstić information content (AvgIpc) is 3.14. The molecule has 0 aliphatic rings. The molecule has 0 atom stereocenters. The zero-order valence-corrected chi connectivity index (χ0v) is 39.2. The van der Waals surface area contributed by atoms with Gasteiger partial charge in [-0.1, -0.05) is 252 Å². The largest absolute Gasteiger partial charge is 0.481 e. The van der Waals surface area contributed by atoms with Gasteiger partial charge in [-0.25, -0.2) is 0 Å². The third kappa shape index (κ3) is 71.8. The molecule has 333 valence electrons. The number of unbranched alkanes of at least 4 members (excludes halogenated alkanes) is 36. The SMILES string of the molecule is CCCCCCCCCCCCCCCC(=O)O.CCCCCCCCCCCCCCCC(=O)O.CCCCCCCCCCCCCCCC(=O)O.[Tb]. The molecule has 1 radical (unpaired) electrons. The van der Waals surface area contributed by atoms with E-state index in [4.69, 9.17) is 15.3 Å². The number of aliphatic carboxylic acids is 3. The Morgan fingerprint density at radius 2 is 0.345 bits per heavy atom. The van der Waals surface area contributed by atoms with Crippen molar-refractivity contribution in [3.05, 3.63) is 0 Å². The zero-order valence-electron chi connectivity index (χ0n) is 37.1. The van der Waals surface area contributed by atoms with E-state index >= 15 is 0 Å². The summed E-state index contributed by atoms with van der Waals surface area (Å²) in [5, 5.41) is 25.5. The first-order valence-electron chi connectivity index (χ1n) is 24.0. The van der Waals surface area contributed by atoms with Gasteiger partial charge in [0, 0.05) is 57.9 Å². The van der Waals surface area contributed by atoms with Crippen molar-refractivity contribution in [1.29, 1.82) is 0 Å². The summed E-state index contributed by atoms with van der Waals surface area (Å²) in [6, 6.07) is 0. The summed E-state index contributed by atoms with van der Waals surface area (Å²) in [5.41, 5.74) is 0. The van der Waals surface area contributed by atoms with E-state index in [9.17, 15) is 14.4 Å². The normalized spacial score (nSPS) is 10.5. The summed E-state index contributed by atoms with van der Waals surface area (Å²) < 4.78 is 0. The topological polar surface area (TPSA) is 112 Å². The van der Waals surface area contributed by atoms with Crippen LogP contribution in [0.3, 0.4) is 0 Å². The van der Waals surface area contributed by atoms with Crippen molar-refractivity contribution in [2.24, 2.45) is 0 Å². The molecule has 55 heavy (non-hydrogen) atoms. The Morgan fingerprint density at radius 3 is 0.455 bits per heavy atom. The Labute approximate surface area is 374 Å². The van der Waals surface area contributed by atoms with Crippen LogP contribution in [0.1, 0.15) is 290 Å². The molecule has 0 rings (SSSR count). The Bertz CT molecular complexity index is 636. The molecular weight excluding hydrogens is 831 g/mol. The zero-order chi connectivity index (χ0) is 40.4. The van der Waals surface area contributed by atoms with Crippen molar-refractivity contribution in [2.75, 3.05) is 0 Å². The Balaban J connectivity index is -0.000000351. The minimum atomic E-state index is -0.655. The van der Waals surface area contributed by atoms with E-state index in [1.807, 2.05) is 0 Å². The molecule has 0 aromatic carbocycles. The Hall–Kier alpha value is -0.304. The van der Waals surface area contributed by atoms with E-state index in [0.29, 0.717) is 19.3 Å². The minimum absolute atomic E-state index is 0. The van der Waals surface area contributed by atoms with Gasteiger partial charge in [0.05, 0.1) is 0 Å². The fourth-order valence-electron chi connectivity index (χ4n) is 6.88. The van der Waals surface area contributed by atoms with Crippen molar-refractivity contribution >= 4 is 17.9 Å². The standard InChI is InChI=1S/3C16H32O2.Tb/c3*1-2-3-4-5-6-7-8-9-10-11-12-13-14-15-16(17)18;/h3*2-15H2,1H3,(H,17,18);. The van der Waals surface area contributed by atoms with Crippen LogP contribution in [0.25, 0.3) is 0 Å². The molecular formula is C48H96O6Tb. The summed E-state index contributed by atoms with van der Waals surface area (Å²) in [4.78, 5) is 30.9. The molecule has 0 fully saturated rings. The van der Waals surface area contributed by atoms with Gasteiger partial charge in [0.25, 0.3) is 0 Å². The second-order valence-electron chi connectivity index (χ2n) is 16.2. The maximum atomic E-state index is 10.3. The molecule has 0 aromatic heterocycles. The molecule has 0 saturated carbocycles. The van der Waals surface area contributed by atoms with Crippen molar-refractivity contribution in [3.63, 3.8) is 0 Å². The molecule has 3 N–H and O–H groups in total. The number of rotatable bonds is 42. The third-order valence-corrected chi connectivity index (χ3v) is 10.5. The van der Waals surface area contributed by atoms with E-state index in [0.717, 1.165) is 38.5 Å². The fourth-order valence-corrected chi connectivity index (χ4v) is 6.88. The number of carboxylic acid groups (broad SMARTS) is 3. The van der Waals surface area contributed by atoms with Crippen LogP contribution in [-0.2, 0) is 14.4 Å². The van der Waals surface area contributed by atoms with Crippen LogP contribution >= 0.6 is 0 Å². The van der Waals surface area contributed by atoms with Crippen molar-refractivity contribution < 1.29 is 68.3 Å². The van der Waals surface area contributed by atoms with Gasteiger partial charge in [-0.05, 0) is 19.3 Å². The average molecular weight is 928 g/mol. The monoisotopic (exact) mass is 928 g/mol. The van der Waals surface area contributed by atoms with Gasteiger partial charge < -0.3 is 15.3 Å². The van der Waals surface area contributed by atoms with Crippen LogP contribution in [0.2, 0.25) is 0 Å². The second kappa shape index (κ2) is 58.0. The van der Waals surface area contributed by atoms with Crippen molar-refractivity contribution in [1.82, 2.24) is 0 Å². The molecule has 0 bridgehead atoms. The first-order valence-corrected chi connectivity index (χ1v) is 24.0. The summed E-state index contributed by atoms with van der Waals surface area (Å²) in [6.07, 6.45) is 51.8. The molecule has 0 amide bonds. The fraction of sp³-hybridized carbons (Fsp3) is 0.938. The molecule has 0 aliphatic heterocycles. The third-order valence-electron chi connectivity index (χ3n) is 10.5. The van der Waals surface area contributed by atoms with Crippen molar-refractivity contribution in [2.45, 2.75) is 290 Å². The van der Waals surface area contributed by atoms with Crippen LogP contribution in [-0.4, -0.2) is 33.2 Å². The predicted molar refractivity (Wildman–Crippen MR) is 234 cm³/mol. The predicted octanol–water partition coefficient (Wildman–Crippen LogP) is 16.7. The number of carboxylic acids is 3. The molecule has 0 heterocycles. The summed E-state index contributed by atoms with van der Waals surface area (Å²) >= 11 is 0. The van der Waals surface area contributed by atoms with E-state index < -0.39 is 17.9 Å². The summed E-state index contributed by atoms with van der Waals surface area (Å²) in [6.45, 7) is 6.78. The molecule has 0 aromatic rings. The molecule has 0 unspecified atom stereocenters. The van der Waals surface area contributed by atoms with Gasteiger partial charge in [0.1, 0.15) is 0 Å². The van der Waals surface area contributed by atoms with Crippen LogP contribution in [0, 0.1) is 38.6 Å². The quantitative estimate of drug-likeness (QED) is 0.0526. The van der Waals surface area contributed by atoms with Crippen LogP contribution in [0.4, 0.5) is 0 Å². The van der Waals surface area contributed by atoms with E-state index in [-0.39, 0.29) is 38.6 Å². The molecule has 0 spiro atoms.